The zero-order chi connectivity index (χ0) is 22.0. The first kappa shape index (κ1) is 20.4. The zero-order valence-corrected chi connectivity index (χ0v) is 17.6. The van der Waals surface area contributed by atoms with Crippen LogP contribution in [0, 0.1) is 13.8 Å². The molecule has 4 rings (SSSR count). The Morgan fingerprint density at radius 2 is 1.61 bits per heavy atom. The number of methoxy groups -OCH3 is 1. The predicted molar refractivity (Wildman–Crippen MR) is 120 cm³/mol. The van der Waals surface area contributed by atoms with Crippen molar-refractivity contribution in [2.24, 2.45) is 0 Å². The highest BCUT2D eigenvalue weighted by Gasteiger charge is 2.21. The van der Waals surface area contributed by atoms with Gasteiger partial charge in [0.25, 0.3) is 0 Å². The van der Waals surface area contributed by atoms with E-state index in [9.17, 15) is 9.59 Å². The summed E-state index contributed by atoms with van der Waals surface area (Å²) in [5, 5.41) is 0.378. The number of ether oxygens (including phenoxy) is 2. The highest BCUT2D eigenvalue weighted by Crippen LogP contribution is 2.33. The molecule has 5 heteroatoms. The van der Waals surface area contributed by atoms with Gasteiger partial charge in [-0.05, 0) is 66.9 Å². The van der Waals surface area contributed by atoms with E-state index in [0.29, 0.717) is 22.3 Å². The summed E-state index contributed by atoms with van der Waals surface area (Å²) >= 11 is 0. The van der Waals surface area contributed by atoms with Gasteiger partial charge < -0.3 is 13.9 Å². The third kappa shape index (κ3) is 4.21. The van der Waals surface area contributed by atoms with Crippen molar-refractivity contribution in [2.45, 2.75) is 20.3 Å². The maximum Gasteiger partial charge on any atom is 0.315 e. The molecule has 0 N–H and O–H groups in total. The molecule has 0 saturated carbocycles. The summed E-state index contributed by atoms with van der Waals surface area (Å²) in [5.74, 6) is 0.240. The number of fused-ring (bicyclic) bond motifs is 1. The van der Waals surface area contributed by atoms with Crippen LogP contribution in [0.25, 0.3) is 22.3 Å². The molecular weight excluding hydrogens is 392 g/mol. The number of carbonyl (C=O) groups is 1. The topological polar surface area (TPSA) is 65.7 Å². The number of carbonyl (C=O) groups excluding carboxylic acids is 1. The number of rotatable bonds is 5. The molecule has 0 radical (unpaired) electrons. The highest BCUT2D eigenvalue weighted by molar-refractivity contribution is 5.85. The van der Waals surface area contributed by atoms with Gasteiger partial charge in [-0.3, -0.25) is 9.59 Å². The Hall–Kier alpha value is -3.86. The van der Waals surface area contributed by atoms with Gasteiger partial charge in [-0.1, -0.05) is 30.3 Å². The van der Waals surface area contributed by atoms with Gasteiger partial charge in [-0.25, -0.2) is 0 Å². The molecule has 0 unspecified atom stereocenters. The number of hydrogen-bond acceptors (Lipinski definition) is 5. The normalized spacial score (nSPS) is 10.8. The molecule has 0 fully saturated rings. The molecule has 0 atom stereocenters. The Morgan fingerprint density at radius 1 is 0.935 bits per heavy atom. The number of esters is 1. The second-order valence-corrected chi connectivity index (χ2v) is 7.39. The lowest BCUT2D eigenvalue weighted by Crippen LogP contribution is -2.18. The van der Waals surface area contributed by atoms with E-state index in [2.05, 4.69) is 0 Å². The Labute approximate surface area is 179 Å². The van der Waals surface area contributed by atoms with Crippen LogP contribution in [0.1, 0.15) is 16.7 Å². The first-order valence-electron chi connectivity index (χ1n) is 9.93. The molecule has 1 heterocycles. The molecule has 1 aromatic heterocycles. The third-order valence-corrected chi connectivity index (χ3v) is 5.22. The second kappa shape index (κ2) is 8.48. The molecule has 156 valence electrons. The Bertz CT molecular complexity index is 1300. The lowest BCUT2D eigenvalue weighted by atomic mass is 10.0. The van der Waals surface area contributed by atoms with Gasteiger partial charge in [0.15, 0.2) is 5.76 Å². The molecule has 0 spiro atoms. The molecule has 5 nitrogen and oxygen atoms in total. The van der Waals surface area contributed by atoms with E-state index in [4.69, 9.17) is 13.9 Å². The van der Waals surface area contributed by atoms with Crippen molar-refractivity contribution >= 4 is 16.9 Å². The second-order valence-electron chi connectivity index (χ2n) is 7.39. The van der Waals surface area contributed by atoms with Crippen LogP contribution in [0.2, 0.25) is 0 Å². The van der Waals surface area contributed by atoms with Gasteiger partial charge in [-0.15, -0.1) is 0 Å². The molecule has 0 bridgehead atoms. The van der Waals surface area contributed by atoms with Crippen molar-refractivity contribution in [1.29, 1.82) is 0 Å². The molecule has 3 aromatic carbocycles. The summed E-state index contributed by atoms with van der Waals surface area (Å²) in [7, 11) is 1.58. The van der Waals surface area contributed by atoms with Crippen LogP contribution in [-0.4, -0.2) is 13.1 Å². The largest absolute Gasteiger partial charge is 0.497 e. The Balaban J connectivity index is 1.83. The van der Waals surface area contributed by atoms with Crippen molar-refractivity contribution < 1.29 is 18.7 Å². The first-order chi connectivity index (χ1) is 15.0. The SMILES string of the molecule is COc1ccc(-c2oc3cc(C)c(C)cc3c(=O)c2OC(=O)Cc2ccccc2)cc1. The maximum atomic E-state index is 13.3. The average Bonchev–Trinajstić information content (AvgIpc) is 2.78. The quantitative estimate of drug-likeness (QED) is 0.418. The summed E-state index contributed by atoms with van der Waals surface area (Å²) in [5.41, 5.74) is 3.44. The third-order valence-electron chi connectivity index (χ3n) is 5.22. The fraction of sp³-hybridized carbons (Fsp3) is 0.154. The Kier molecular flexibility index (Phi) is 5.58. The molecule has 0 aliphatic rings. The lowest BCUT2D eigenvalue weighted by molar-refractivity contribution is -0.133. The number of aryl methyl sites for hydroxylation is 2. The minimum absolute atomic E-state index is 0.0489. The van der Waals surface area contributed by atoms with E-state index in [1.165, 1.54) is 0 Å². The van der Waals surface area contributed by atoms with Crippen molar-refractivity contribution in [3.63, 3.8) is 0 Å². The molecule has 0 aliphatic heterocycles. The van der Waals surface area contributed by atoms with Gasteiger partial charge in [0.05, 0.1) is 18.9 Å². The van der Waals surface area contributed by atoms with Crippen LogP contribution in [0.15, 0.2) is 75.9 Å². The van der Waals surface area contributed by atoms with E-state index in [-0.39, 0.29) is 23.4 Å². The van der Waals surface area contributed by atoms with Crippen LogP contribution in [0.4, 0.5) is 0 Å². The van der Waals surface area contributed by atoms with E-state index < -0.39 is 5.97 Å². The highest BCUT2D eigenvalue weighted by atomic mass is 16.5. The first-order valence-corrected chi connectivity index (χ1v) is 9.93. The summed E-state index contributed by atoms with van der Waals surface area (Å²) < 4.78 is 16.9. The van der Waals surface area contributed by atoms with Crippen molar-refractivity contribution in [2.75, 3.05) is 7.11 Å². The predicted octanol–water partition coefficient (Wildman–Crippen LogP) is 5.23. The standard InChI is InChI=1S/C26H22O5/c1-16-13-21-22(14-17(16)2)30-25(19-9-11-20(29-3)12-10-19)26(24(21)28)31-23(27)15-18-7-5-4-6-8-18/h4-14H,15H2,1-3H3. The van der Waals surface area contributed by atoms with Crippen LogP contribution < -0.4 is 14.9 Å². The van der Waals surface area contributed by atoms with E-state index >= 15 is 0 Å². The molecule has 0 amide bonds. The van der Waals surface area contributed by atoms with E-state index in [1.807, 2.05) is 50.2 Å². The fourth-order valence-corrected chi connectivity index (χ4v) is 3.37. The molecule has 31 heavy (non-hydrogen) atoms. The summed E-state index contributed by atoms with van der Waals surface area (Å²) in [6.45, 7) is 3.88. The molecule has 0 aliphatic carbocycles. The Morgan fingerprint density at radius 3 is 2.29 bits per heavy atom. The smallest absolute Gasteiger partial charge is 0.315 e. The molecular formula is C26H22O5. The van der Waals surface area contributed by atoms with Crippen LogP contribution >= 0.6 is 0 Å². The monoisotopic (exact) mass is 414 g/mol. The van der Waals surface area contributed by atoms with Gasteiger partial charge in [0, 0.05) is 5.56 Å². The van der Waals surface area contributed by atoms with Gasteiger partial charge in [0.1, 0.15) is 11.3 Å². The lowest BCUT2D eigenvalue weighted by Gasteiger charge is -2.12. The number of hydrogen-bond donors (Lipinski definition) is 0. The van der Waals surface area contributed by atoms with Crippen LogP contribution in [0.5, 0.6) is 11.5 Å². The van der Waals surface area contributed by atoms with E-state index in [1.54, 1.807) is 37.4 Å². The maximum absolute atomic E-state index is 13.3. The van der Waals surface area contributed by atoms with Gasteiger partial charge in [0.2, 0.25) is 11.2 Å². The van der Waals surface area contributed by atoms with Crippen LogP contribution in [-0.2, 0) is 11.2 Å². The molecule has 0 saturated heterocycles. The number of benzene rings is 3. The summed E-state index contributed by atoms with van der Waals surface area (Å²) in [6, 6.07) is 19.9. The van der Waals surface area contributed by atoms with E-state index in [0.717, 1.165) is 16.7 Å². The summed E-state index contributed by atoms with van der Waals surface area (Å²) in [4.78, 5) is 26.0. The fourth-order valence-electron chi connectivity index (χ4n) is 3.37. The van der Waals surface area contributed by atoms with Gasteiger partial charge in [-0.2, -0.15) is 0 Å². The summed E-state index contributed by atoms with van der Waals surface area (Å²) in [6.07, 6.45) is 0.0489. The zero-order valence-electron chi connectivity index (χ0n) is 17.6. The molecule has 4 aromatic rings. The van der Waals surface area contributed by atoms with Crippen LogP contribution in [0.3, 0.4) is 0 Å². The average molecular weight is 414 g/mol. The van der Waals surface area contributed by atoms with Crippen molar-refractivity contribution in [3.8, 4) is 22.8 Å². The van der Waals surface area contributed by atoms with Gasteiger partial charge >= 0.3 is 5.97 Å². The van der Waals surface area contributed by atoms with Crippen molar-refractivity contribution in [1.82, 2.24) is 0 Å². The minimum atomic E-state index is -0.531. The van der Waals surface area contributed by atoms with Crippen molar-refractivity contribution in [3.05, 3.63) is 93.6 Å². The minimum Gasteiger partial charge on any atom is -0.497 e.